The van der Waals surface area contributed by atoms with Crippen LogP contribution in [0.5, 0.6) is 0 Å². The number of thiophene rings is 1. The molecule has 22 heavy (non-hydrogen) atoms. The molecule has 6 nitrogen and oxygen atoms in total. The van der Waals surface area contributed by atoms with Crippen molar-refractivity contribution in [2.45, 2.75) is 34.4 Å². The largest absolute Gasteiger partial charge is 0.377 e. The summed E-state index contributed by atoms with van der Waals surface area (Å²) < 4.78 is 54.9. The van der Waals surface area contributed by atoms with Gasteiger partial charge in [0.1, 0.15) is 4.21 Å². The van der Waals surface area contributed by atoms with Crippen LogP contribution in [0, 0.1) is 0 Å². The van der Waals surface area contributed by atoms with Crippen molar-refractivity contribution < 1.29 is 21.6 Å². The lowest BCUT2D eigenvalue weighted by atomic mass is 10.2. The summed E-state index contributed by atoms with van der Waals surface area (Å²) in [4.78, 5) is 0. The minimum Gasteiger partial charge on any atom is -0.377 e. The van der Waals surface area contributed by atoms with Crippen LogP contribution in [0.25, 0.3) is 0 Å². The van der Waals surface area contributed by atoms with Crippen molar-refractivity contribution in [2.24, 2.45) is 0 Å². The van der Waals surface area contributed by atoms with Crippen LogP contribution < -0.4 is 5.32 Å². The molecule has 2 aliphatic heterocycles. The van der Waals surface area contributed by atoms with Crippen LogP contribution in [0.4, 0.5) is 0 Å². The highest BCUT2D eigenvalue weighted by Gasteiger charge is 2.46. The van der Waals surface area contributed by atoms with E-state index in [9.17, 15) is 16.8 Å². The van der Waals surface area contributed by atoms with E-state index >= 15 is 0 Å². The van der Waals surface area contributed by atoms with Crippen molar-refractivity contribution in [2.75, 3.05) is 24.7 Å². The summed E-state index contributed by atoms with van der Waals surface area (Å²) in [5.41, 5.74) is 0. The van der Waals surface area contributed by atoms with E-state index in [1.54, 1.807) is 11.4 Å². The van der Waals surface area contributed by atoms with Crippen molar-refractivity contribution in [3.05, 3.63) is 17.5 Å². The second-order valence-corrected chi connectivity index (χ2v) is 11.2. The van der Waals surface area contributed by atoms with Crippen LogP contribution >= 0.6 is 11.3 Å². The maximum Gasteiger partial charge on any atom is 0.193 e. The summed E-state index contributed by atoms with van der Waals surface area (Å²) in [7, 11) is -6.97. The van der Waals surface area contributed by atoms with Crippen molar-refractivity contribution in [1.82, 2.24) is 5.32 Å². The number of ether oxygens (including phenoxy) is 1. The molecule has 0 spiro atoms. The molecule has 2 saturated heterocycles. The second kappa shape index (κ2) is 6.20. The van der Waals surface area contributed by atoms with E-state index in [4.69, 9.17) is 4.74 Å². The molecule has 2 aliphatic rings. The average Bonchev–Trinajstić information content (AvgIpc) is 3.17. The van der Waals surface area contributed by atoms with Crippen LogP contribution in [-0.4, -0.2) is 58.9 Å². The maximum absolute atomic E-state index is 12.7. The van der Waals surface area contributed by atoms with E-state index < -0.39 is 31.0 Å². The maximum atomic E-state index is 12.7. The fourth-order valence-corrected chi connectivity index (χ4v) is 8.91. The number of hydrogen-bond acceptors (Lipinski definition) is 7. The molecule has 2 fully saturated rings. The smallest absolute Gasteiger partial charge is 0.193 e. The van der Waals surface area contributed by atoms with Gasteiger partial charge in [0.05, 0.1) is 22.9 Å². The number of nitrogens with one attached hydrogen (secondary N) is 1. The Morgan fingerprint density at radius 1 is 1.36 bits per heavy atom. The summed E-state index contributed by atoms with van der Waals surface area (Å²) in [6.45, 7) is 1.21. The summed E-state index contributed by atoms with van der Waals surface area (Å²) in [5, 5.41) is 3.89. The Balaban J connectivity index is 1.77. The molecule has 0 saturated carbocycles. The zero-order chi connectivity index (χ0) is 15.8. The molecule has 1 N–H and O–H groups in total. The molecule has 3 rings (SSSR count). The van der Waals surface area contributed by atoms with Crippen molar-refractivity contribution >= 4 is 31.0 Å². The van der Waals surface area contributed by atoms with E-state index in [1.165, 1.54) is 6.07 Å². The van der Waals surface area contributed by atoms with Gasteiger partial charge in [0.15, 0.2) is 19.7 Å². The van der Waals surface area contributed by atoms with Gasteiger partial charge in [-0.3, -0.25) is 0 Å². The molecule has 0 aliphatic carbocycles. The quantitative estimate of drug-likeness (QED) is 0.815. The molecule has 0 aromatic carbocycles. The molecule has 3 heterocycles. The highest BCUT2D eigenvalue weighted by Crippen LogP contribution is 2.28. The Bertz CT molecular complexity index is 705. The summed E-state index contributed by atoms with van der Waals surface area (Å²) in [6.07, 6.45) is 1.97. The van der Waals surface area contributed by atoms with E-state index in [1.807, 2.05) is 0 Å². The van der Waals surface area contributed by atoms with Crippen molar-refractivity contribution in [1.29, 1.82) is 0 Å². The fourth-order valence-electron chi connectivity index (χ4n) is 2.97. The molecule has 9 heteroatoms. The van der Waals surface area contributed by atoms with Gasteiger partial charge in [0.25, 0.3) is 0 Å². The lowest BCUT2D eigenvalue weighted by Gasteiger charge is -2.21. The Morgan fingerprint density at radius 2 is 2.18 bits per heavy atom. The zero-order valence-corrected chi connectivity index (χ0v) is 14.4. The Morgan fingerprint density at radius 3 is 2.82 bits per heavy atom. The number of hydrogen-bond donors (Lipinski definition) is 1. The molecule has 0 amide bonds. The molecule has 124 valence electrons. The normalized spacial score (nSPS) is 31.5. The van der Waals surface area contributed by atoms with Gasteiger partial charge in [0, 0.05) is 19.2 Å². The fraction of sp³-hybridized carbons (Fsp3) is 0.692. The van der Waals surface area contributed by atoms with Gasteiger partial charge in [-0.05, 0) is 24.3 Å². The highest BCUT2D eigenvalue weighted by molar-refractivity contribution is 7.97. The van der Waals surface area contributed by atoms with Gasteiger partial charge >= 0.3 is 0 Å². The average molecular weight is 365 g/mol. The Kier molecular flexibility index (Phi) is 4.61. The van der Waals surface area contributed by atoms with Crippen LogP contribution in [0.1, 0.15) is 12.8 Å². The van der Waals surface area contributed by atoms with Crippen molar-refractivity contribution in [3.63, 3.8) is 0 Å². The van der Waals surface area contributed by atoms with Crippen LogP contribution in [0.3, 0.4) is 0 Å². The predicted molar refractivity (Wildman–Crippen MR) is 84.7 cm³/mol. The highest BCUT2D eigenvalue weighted by atomic mass is 32.2. The van der Waals surface area contributed by atoms with Gasteiger partial charge in [0.2, 0.25) is 0 Å². The Hall–Kier alpha value is -0.480. The SMILES string of the molecule is O=S1(=O)C[C@H](NCC2CCCO2)[C@@H](S(=O)(=O)c2cccs2)C1. The molecule has 3 atom stereocenters. The first kappa shape index (κ1) is 16.4. The number of sulfone groups is 2. The van der Waals surface area contributed by atoms with E-state index in [0.29, 0.717) is 13.2 Å². The van der Waals surface area contributed by atoms with Gasteiger partial charge in [-0.1, -0.05) is 6.07 Å². The topological polar surface area (TPSA) is 89.5 Å². The van der Waals surface area contributed by atoms with E-state index in [0.717, 1.165) is 24.2 Å². The molecule has 0 bridgehead atoms. The molecule has 1 unspecified atom stereocenters. The summed E-state index contributed by atoms with van der Waals surface area (Å²) in [6, 6.07) is 2.62. The van der Waals surface area contributed by atoms with E-state index in [-0.39, 0.29) is 21.8 Å². The van der Waals surface area contributed by atoms with Crippen LogP contribution in [-0.2, 0) is 24.4 Å². The van der Waals surface area contributed by atoms with Crippen molar-refractivity contribution in [3.8, 4) is 0 Å². The molecule has 1 aromatic heterocycles. The standard InChI is InChI=1S/C13H19NO5S3/c15-21(16)8-11(14-7-10-3-1-5-19-10)12(9-21)22(17,18)13-4-2-6-20-13/h2,4,6,10-12,14H,1,3,5,7-9H2/t10?,11-,12-/m0/s1. The first-order valence-corrected chi connectivity index (χ1v) is 11.5. The van der Waals surface area contributed by atoms with Gasteiger partial charge in [-0.2, -0.15) is 0 Å². The summed E-state index contributed by atoms with van der Waals surface area (Å²) >= 11 is 1.13. The minimum atomic E-state index is -3.63. The number of rotatable bonds is 5. The summed E-state index contributed by atoms with van der Waals surface area (Å²) in [5.74, 6) is -0.439. The van der Waals surface area contributed by atoms with Crippen LogP contribution in [0.15, 0.2) is 21.7 Å². The van der Waals surface area contributed by atoms with Crippen LogP contribution in [0.2, 0.25) is 0 Å². The molecule has 0 radical (unpaired) electrons. The lowest BCUT2D eigenvalue weighted by molar-refractivity contribution is 0.108. The van der Waals surface area contributed by atoms with Gasteiger partial charge in [-0.25, -0.2) is 16.8 Å². The first-order valence-electron chi connectivity index (χ1n) is 7.21. The zero-order valence-electron chi connectivity index (χ0n) is 12.0. The second-order valence-electron chi connectivity index (χ2n) is 5.74. The monoisotopic (exact) mass is 365 g/mol. The third kappa shape index (κ3) is 3.38. The molecular formula is C13H19NO5S3. The lowest BCUT2D eigenvalue weighted by Crippen LogP contribution is -2.45. The predicted octanol–water partition coefficient (Wildman–Crippen LogP) is 0.456. The first-order chi connectivity index (χ1) is 10.4. The van der Waals surface area contributed by atoms with Gasteiger partial charge < -0.3 is 10.1 Å². The Labute approximate surface area is 134 Å². The third-order valence-corrected chi connectivity index (χ3v) is 9.69. The molecular weight excluding hydrogens is 346 g/mol. The van der Waals surface area contributed by atoms with E-state index in [2.05, 4.69) is 5.32 Å². The third-order valence-electron chi connectivity index (χ3n) is 4.11. The minimum absolute atomic E-state index is 0.0494. The van der Waals surface area contributed by atoms with Gasteiger partial charge in [-0.15, -0.1) is 11.3 Å². The molecule has 1 aromatic rings.